The van der Waals surface area contributed by atoms with E-state index in [1.54, 1.807) is 0 Å². The van der Waals surface area contributed by atoms with Gasteiger partial charge in [-0.3, -0.25) is 10.1 Å². The van der Waals surface area contributed by atoms with Crippen LogP contribution in [0, 0.1) is 22.5 Å². The van der Waals surface area contributed by atoms with Crippen molar-refractivity contribution in [2.75, 3.05) is 7.11 Å². The predicted octanol–water partition coefficient (Wildman–Crippen LogP) is 1.58. The molecular weight excluding hydrogens is 170 g/mol. The van der Waals surface area contributed by atoms with Gasteiger partial charge in [-0.1, -0.05) is 5.92 Å². The summed E-state index contributed by atoms with van der Waals surface area (Å²) in [5, 5.41) is 10.4. The number of hydrogen-bond donors (Lipinski definition) is 0. The maximum absolute atomic E-state index is 10.4. The van der Waals surface area contributed by atoms with E-state index in [-0.39, 0.29) is 5.69 Å². The Balaban J connectivity index is 3.23. The maximum Gasteiger partial charge on any atom is 0.270 e. The minimum Gasteiger partial charge on any atom is -0.495 e. The SMILES string of the molecule is C#Cc1cc([N+](=O)[O-])ccc1OC. The Kier molecular flexibility index (Phi) is 2.50. The number of benzene rings is 1. The predicted molar refractivity (Wildman–Crippen MR) is 47.6 cm³/mol. The van der Waals surface area contributed by atoms with Crippen molar-refractivity contribution in [3.05, 3.63) is 33.9 Å². The third-order valence-electron chi connectivity index (χ3n) is 1.55. The van der Waals surface area contributed by atoms with Crippen molar-refractivity contribution in [2.24, 2.45) is 0 Å². The number of hydrogen-bond acceptors (Lipinski definition) is 3. The molecule has 0 bridgehead atoms. The molecule has 0 spiro atoms. The average Bonchev–Trinajstić information content (AvgIpc) is 2.16. The lowest BCUT2D eigenvalue weighted by molar-refractivity contribution is -0.384. The summed E-state index contributed by atoms with van der Waals surface area (Å²) in [6, 6.07) is 4.13. The Morgan fingerprint density at radius 3 is 2.77 bits per heavy atom. The van der Waals surface area contributed by atoms with E-state index >= 15 is 0 Å². The van der Waals surface area contributed by atoms with E-state index in [4.69, 9.17) is 11.2 Å². The van der Waals surface area contributed by atoms with Gasteiger partial charge in [0, 0.05) is 12.1 Å². The Morgan fingerprint density at radius 2 is 2.31 bits per heavy atom. The van der Waals surface area contributed by atoms with E-state index in [1.807, 2.05) is 0 Å². The van der Waals surface area contributed by atoms with Crippen LogP contribution in [0.15, 0.2) is 18.2 Å². The van der Waals surface area contributed by atoms with Gasteiger partial charge in [0.25, 0.3) is 5.69 Å². The highest BCUT2D eigenvalue weighted by Crippen LogP contribution is 2.22. The molecule has 0 unspecified atom stereocenters. The molecule has 1 aromatic carbocycles. The van der Waals surface area contributed by atoms with Gasteiger partial charge >= 0.3 is 0 Å². The summed E-state index contributed by atoms with van der Waals surface area (Å²) in [6.07, 6.45) is 5.14. The highest BCUT2D eigenvalue weighted by atomic mass is 16.6. The lowest BCUT2D eigenvalue weighted by Crippen LogP contribution is -1.91. The fourth-order valence-corrected chi connectivity index (χ4v) is 0.922. The van der Waals surface area contributed by atoms with Gasteiger partial charge in [-0.05, 0) is 6.07 Å². The highest BCUT2D eigenvalue weighted by molar-refractivity contribution is 5.51. The molecule has 0 fully saturated rings. The number of terminal acetylenes is 1. The molecule has 0 saturated heterocycles. The molecular formula is C9H7NO3. The number of rotatable bonds is 2. The first-order valence-corrected chi connectivity index (χ1v) is 3.48. The van der Waals surface area contributed by atoms with Crippen LogP contribution in [0.2, 0.25) is 0 Å². The van der Waals surface area contributed by atoms with Crippen molar-refractivity contribution in [3.8, 4) is 18.1 Å². The Labute approximate surface area is 75.3 Å². The first kappa shape index (κ1) is 9.07. The van der Waals surface area contributed by atoms with Crippen LogP contribution < -0.4 is 4.74 Å². The summed E-state index contributed by atoms with van der Waals surface area (Å²) in [5.74, 6) is 2.78. The molecule has 0 aromatic heterocycles. The van der Waals surface area contributed by atoms with Crippen molar-refractivity contribution >= 4 is 5.69 Å². The molecule has 4 heteroatoms. The summed E-state index contributed by atoms with van der Waals surface area (Å²) in [4.78, 5) is 9.87. The van der Waals surface area contributed by atoms with Crippen molar-refractivity contribution in [2.45, 2.75) is 0 Å². The fraction of sp³-hybridized carbons (Fsp3) is 0.111. The molecule has 4 nitrogen and oxygen atoms in total. The van der Waals surface area contributed by atoms with Crippen LogP contribution >= 0.6 is 0 Å². The van der Waals surface area contributed by atoms with Crippen LogP contribution in [-0.4, -0.2) is 12.0 Å². The number of nitrogens with zero attached hydrogens (tertiary/aromatic N) is 1. The molecule has 1 aromatic rings. The second-order valence-electron chi connectivity index (χ2n) is 2.29. The molecule has 0 radical (unpaired) electrons. The number of ether oxygens (including phenoxy) is 1. The normalized spacial score (nSPS) is 8.92. The minimum absolute atomic E-state index is 0.0336. The van der Waals surface area contributed by atoms with E-state index in [9.17, 15) is 10.1 Å². The van der Waals surface area contributed by atoms with E-state index in [2.05, 4.69) is 5.92 Å². The van der Waals surface area contributed by atoms with Gasteiger partial charge in [0.2, 0.25) is 0 Å². The maximum atomic E-state index is 10.4. The second-order valence-corrected chi connectivity index (χ2v) is 2.29. The standard InChI is InChI=1S/C9H7NO3/c1-3-7-6-8(10(11)12)4-5-9(7)13-2/h1,4-6H,2H3. The molecule has 1 rings (SSSR count). The lowest BCUT2D eigenvalue weighted by atomic mass is 10.2. The van der Waals surface area contributed by atoms with Gasteiger partial charge in [0.15, 0.2) is 0 Å². The average molecular weight is 177 g/mol. The highest BCUT2D eigenvalue weighted by Gasteiger charge is 2.08. The van der Waals surface area contributed by atoms with Gasteiger partial charge in [0.1, 0.15) is 5.75 Å². The van der Waals surface area contributed by atoms with E-state index in [0.717, 1.165) is 0 Å². The number of nitro groups is 1. The van der Waals surface area contributed by atoms with Crippen molar-refractivity contribution < 1.29 is 9.66 Å². The zero-order valence-corrected chi connectivity index (χ0v) is 6.98. The van der Waals surface area contributed by atoms with Gasteiger partial charge in [-0.15, -0.1) is 6.42 Å². The minimum atomic E-state index is -0.500. The summed E-state index contributed by atoms with van der Waals surface area (Å²) in [5.41, 5.74) is 0.352. The molecule has 0 atom stereocenters. The fourth-order valence-electron chi connectivity index (χ4n) is 0.922. The smallest absolute Gasteiger partial charge is 0.270 e. The van der Waals surface area contributed by atoms with Gasteiger partial charge in [0.05, 0.1) is 17.6 Å². The van der Waals surface area contributed by atoms with Gasteiger partial charge in [-0.25, -0.2) is 0 Å². The Hall–Kier alpha value is -2.02. The van der Waals surface area contributed by atoms with Crippen LogP contribution in [-0.2, 0) is 0 Å². The van der Waals surface area contributed by atoms with Crippen LogP contribution in [0.4, 0.5) is 5.69 Å². The molecule has 0 aliphatic heterocycles. The largest absolute Gasteiger partial charge is 0.495 e. The lowest BCUT2D eigenvalue weighted by Gasteiger charge is -2.01. The molecule has 0 amide bonds. The molecule has 13 heavy (non-hydrogen) atoms. The Morgan fingerprint density at radius 1 is 1.62 bits per heavy atom. The first-order valence-electron chi connectivity index (χ1n) is 3.48. The summed E-state index contributed by atoms with van der Waals surface area (Å²) in [7, 11) is 1.46. The second kappa shape index (κ2) is 3.59. The zero-order chi connectivity index (χ0) is 9.84. The van der Waals surface area contributed by atoms with Gasteiger partial charge < -0.3 is 4.74 Å². The van der Waals surface area contributed by atoms with Gasteiger partial charge in [-0.2, -0.15) is 0 Å². The molecule has 0 heterocycles. The summed E-state index contributed by atoms with van der Waals surface area (Å²) in [6.45, 7) is 0. The van der Waals surface area contributed by atoms with Crippen LogP contribution in [0.25, 0.3) is 0 Å². The van der Waals surface area contributed by atoms with E-state index in [1.165, 1.54) is 25.3 Å². The summed E-state index contributed by atoms with van der Waals surface area (Å²) < 4.78 is 4.91. The van der Waals surface area contributed by atoms with Crippen molar-refractivity contribution in [1.29, 1.82) is 0 Å². The first-order chi connectivity index (χ1) is 6.19. The zero-order valence-electron chi connectivity index (χ0n) is 6.98. The quantitative estimate of drug-likeness (QED) is 0.391. The van der Waals surface area contributed by atoms with E-state index < -0.39 is 4.92 Å². The summed E-state index contributed by atoms with van der Waals surface area (Å²) >= 11 is 0. The third kappa shape index (κ3) is 1.76. The Bertz CT molecular complexity index is 379. The molecule has 0 N–H and O–H groups in total. The molecule has 0 aliphatic rings. The third-order valence-corrected chi connectivity index (χ3v) is 1.55. The molecule has 0 saturated carbocycles. The number of nitro benzene ring substituents is 1. The monoisotopic (exact) mass is 177 g/mol. The van der Waals surface area contributed by atoms with Crippen molar-refractivity contribution in [1.82, 2.24) is 0 Å². The molecule has 66 valence electrons. The van der Waals surface area contributed by atoms with Crippen LogP contribution in [0.1, 0.15) is 5.56 Å². The topological polar surface area (TPSA) is 52.4 Å². The van der Waals surface area contributed by atoms with E-state index in [0.29, 0.717) is 11.3 Å². The van der Waals surface area contributed by atoms with Crippen LogP contribution in [0.5, 0.6) is 5.75 Å². The number of non-ortho nitro benzene ring substituents is 1. The van der Waals surface area contributed by atoms with Crippen molar-refractivity contribution in [3.63, 3.8) is 0 Å². The molecule has 0 aliphatic carbocycles. The number of methoxy groups -OCH3 is 1. The van der Waals surface area contributed by atoms with Crippen LogP contribution in [0.3, 0.4) is 0 Å².